The van der Waals surface area contributed by atoms with E-state index in [9.17, 15) is 0 Å². The van der Waals surface area contributed by atoms with Gasteiger partial charge in [0.15, 0.2) is 0 Å². The third-order valence-corrected chi connectivity index (χ3v) is 3.44. The highest BCUT2D eigenvalue weighted by molar-refractivity contribution is 5.94. The van der Waals surface area contributed by atoms with E-state index in [-0.39, 0.29) is 12.4 Å². The third-order valence-electron chi connectivity index (χ3n) is 3.44. The van der Waals surface area contributed by atoms with Gasteiger partial charge in [-0.05, 0) is 30.9 Å². The maximum Gasteiger partial charge on any atom is 0.131 e. The molecule has 2 nitrogen and oxygen atoms in total. The van der Waals surface area contributed by atoms with E-state index in [1.165, 1.54) is 11.1 Å². The van der Waals surface area contributed by atoms with Crippen molar-refractivity contribution in [3.8, 4) is 11.3 Å². The van der Waals surface area contributed by atoms with Gasteiger partial charge in [-0.25, -0.2) is 4.98 Å². The Hall–Kier alpha value is -2.06. The molecule has 2 N–H and O–H groups in total. The van der Waals surface area contributed by atoms with Crippen molar-refractivity contribution in [2.24, 2.45) is 0 Å². The second-order valence-electron chi connectivity index (χ2n) is 4.93. The second-order valence-corrected chi connectivity index (χ2v) is 4.93. The fourth-order valence-corrected chi connectivity index (χ4v) is 2.40. The summed E-state index contributed by atoms with van der Waals surface area (Å²) in [5.41, 5.74) is 10.6. The number of nitrogens with two attached hydrogens (primary N) is 1. The number of halogens is 1. The average Bonchev–Trinajstić information content (AvgIpc) is 2.38. The van der Waals surface area contributed by atoms with E-state index in [2.05, 4.69) is 49.2 Å². The zero-order valence-corrected chi connectivity index (χ0v) is 12.4. The number of benzene rings is 2. The number of hydrogen-bond donors (Lipinski definition) is 1. The molecule has 0 amide bonds. The highest BCUT2D eigenvalue weighted by Gasteiger charge is 2.07. The van der Waals surface area contributed by atoms with Crippen LogP contribution in [-0.4, -0.2) is 4.98 Å². The molecule has 0 spiro atoms. The number of pyridine rings is 1. The molecule has 0 saturated carbocycles. The van der Waals surface area contributed by atoms with Crippen LogP contribution in [0.5, 0.6) is 0 Å². The van der Waals surface area contributed by atoms with Gasteiger partial charge in [0.2, 0.25) is 0 Å². The summed E-state index contributed by atoms with van der Waals surface area (Å²) in [6.45, 7) is 4.18. The van der Waals surface area contributed by atoms with Crippen molar-refractivity contribution in [3.63, 3.8) is 0 Å². The normalized spacial score (nSPS) is 10.3. The van der Waals surface area contributed by atoms with Gasteiger partial charge in [0.1, 0.15) is 5.82 Å². The zero-order valence-electron chi connectivity index (χ0n) is 11.6. The lowest BCUT2D eigenvalue weighted by Crippen LogP contribution is -1.95. The van der Waals surface area contributed by atoms with Crippen molar-refractivity contribution >= 4 is 29.0 Å². The summed E-state index contributed by atoms with van der Waals surface area (Å²) in [6.07, 6.45) is 0. The Morgan fingerprint density at radius 1 is 0.950 bits per heavy atom. The van der Waals surface area contributed by atoms with E-state index < -0.39 is 0 Å². The van der Waals surface area contributed by atoms with Crippen LogP contribution >= 0.6 is 12.4 Å². The molecule has 20 heavy (non-hydrogen) atoms. The predicted molar refractivity (Wildman–Crippen MR) is 88.3 cm³/mol. The van der Waals surface area contributed by atoms with Gasteiger partial charge in [-0.3, -0.25) is 0 Å². The first kappa shape index (κ1) is 14.4. The van der Waals surface area contributed by atoms with Crippen molar-refractivity contribution < 1.29 is 0 Å². The van der Waals surface area contributed by atoms with Gasteiger partial charge in [0.05, 0.1) is 5.69 Å². The van der Waals surface area contributed by atoms with Gasteiger partial charge in [-0.2, -0.15) is 0 Å². The molecule has 0 aliphatic heterocycles. The number of aryl methyl sites for hydroxylation is 2. The van der Waals surface area contributed by atoms with Crippen molar-refractivity contribution in [1.82, 2.24) is 4.98 Å². The average molecular weight is 285 g/mol. The fourth-order valence-electron chi connectivity index (χ4n) is 2.40. The minimum atomic E-state index is 0. The number of fused-ring (bicyclic) bond motifs is 1. The predicted octanol–water partition coefficient (Wildman–Crippen LogP) is 4.52. The first-order valence-electron chi connectivity index (χ1n) is 6.38. The molecule has 0 bridgehead atoms. The second kappa shape index (κ2) is 5.51. The third kappa shape index (κ3) is 2.47. The Bertz CT molecular complexity index is 766. The van der Waals surface area contributed by atoms with E-state index in [0.717, 1.165) is 22.0 Å². The maximum absolute atomic E-state index is 6.08. The molecule has 3 aromatic rings. The lowest BCUT2D eigenvalue weighted by atomic mass is 10.0. The van der Waals surface area contributed by atoms with E-state index in [1.807, 2.05) is 18.2 Å². The molecule has 0 atom stereocenters. The quantitative estimate of drug-likeness (QED) is 0.713. The van der Waals surface area contributed by atoms with Gasteiger partial charge < -0.3 is 5.73 Å². The molecule has 0 radical (unpaired) electrons. The summed E-state index contributed by atoms with van der Waals surface area (Å²) in [5.74, 6) is 0.593. The molecule has 0 fully saturated rings. The van der Waals surface area contributed by atoms with Crippen LogP contribution in [0.4, 0.5) is 5.82 Å². The number of aromatic nitrogens is 1. The number of nitrogen functional groups attached to an aromatic ring is 1. The van der Waals surface area contributed by atoms with Crippen molar-refractivity contribution in [2.75, 3.05) is 5.73 Å². The summed E-state index contributed by atoms with van der Waals surface area (Å²) in [7, 11) is 0. The van der Waals surface area contributed by atoms with Gasteiger partial charge in [-0.15, -0.1) is 12.4 Å². The molecule has 1 heterocycles. The Kier molecular flexibility index (Phi) is 3.96. The zero-order chi connectivity index (χ0) is 13.4. The minimum Gasteiger partial charge on any atom is -0.383 e. The van der Waals surface area contributed by atoms with E-state index >= 15 is 0 Å². The summed E-state index contributed by atoms with van der Waals surface area (Å²) >= 11 is 0. The Morgan fingerprint density at radius 2 is 1.70 bits per heavy atom. The van der Waals surface area contributed by atoms with E-state index in [1.54, 1.807) is 0 Å². The fraction of sp³-hybridized carbons (Fsp3) is 0.118. The molecule has 0 aliphatic carbocycles. The largest absolute Gasteiger partial charge is 0.383 e. The molecule has 0 unspecified atom stereocenters. The van der Waals surface area contributed by atoms with Crippen LogP contribution in [0.2, 0.25) is 0 Å². The molecule has 3 rings (SSSR count). The highest BCUT2D eigenvalue weighted by Crippen LogP contribution is 2.28. The summed E-state index contributed by atoms with van der Waals surface area (Å²) in [4.78, 5) is 4.54. The lowest BCUT2D eigenvalue weighted by Gasteiger charge is -2.09. The minimum absolute atomic E-state index is 0. The van der Waals surface area contributed by atoms with Gasteiger partial charge >= 0.3 is 0 Å². The first-order chi connectivity index (χ1) is 9.15. The van der Waals surface area contributed by atoms with Crippen LogP contribution in [0, 0.1) is 13.8 Å². The van der Waals surface area contributed by atoms with Crippen LogP contribution in [0.3, 0.4) is 0 Å². The Morgan fingerprint density at radius 3 is 2.45 bits per heavy atom. The van der Waals surface area contributed by atoms with E-state index in [0.29, 0.717) is 5.82 Å². The lowest BCUT2D eigenvalue weighted by molar-refractivity contribution is 1.33. The first-order valence-corrected chi connectivity index (χ1v) is 6.38. The Balaban J connectivity index is 0.00000147. The number of rotatable bonds is 1. The summed E-state index contributed by atoms with van der Waals surface area (Å²) < 4.78 is 0. The SMILES string of the molecule is Cc1ccc2c(N)nc(-c3ccccc3C)cc2c1.Cl. The molecule has 102 valence electrons. The van der Waals surface area contributed by atoms with Crippen molar-refractivity contribution in [1.29, 1.82) is 0 Å². The van der Waals surface area contributed by atoms with Gasteiger partial charge in [-0.1, -0.05) is 48.0 Å². The number of anilines is 1. The van der Waals surface area contributed by atoms with Crippen LogP contribution in [0.25, 0.3) is 22.0 Å². The maximum atomic E-state index is 6.08. The number of hydrogen-bond acceptors (Lipinski definition) is 2. The van der Waals surface area contributed by atoms with Crippen molar-refractivity contribution in [2.45, 2.75) is 13.8 Å². The van der Waals surface area contributed by atoms with Crippen LogP contribution in [-0.2, 0) is 0 Å². The number of nitrogens with zero attached hydrogens (tertiary/aromatic N) is 1. The molecular formula is C17H17ClN2. The topological polar surface area (TPSA) is 38.9 Å². The van der Waals surface area contributed by atoms with E-state index in [4.69, 9.17) is 5.73 Å². The van der Waals surface area contributed by atoms with Crippen molar-refractivity contribution in [3.05, 3.63) is 59.7 Å². The standard InChI is InChI=1S/C17H16N2.ClH/c1-11-7-8-15-13(9-11)10-16(19-17(15)18)14-6-4-3-5-12(14)2;/h3-10H,1-2H3,(H2,18,19);1H. The molecular weight excluding hydrogens is 268 g/mol. The highest BCUT2D eigenvalue weighted by atomic mass is 35.5. The molecule has 3 heteroatoms. The van der Waals surface area contributed by atoms with Crippen LogP contribution < -0.4 is 5.73 Å². The summed E-state index contributed by atoms with van der Waals surface area (Å²) in [6, 6.07) is 16.6. The smallest absolute Gasteiger partial charge is 0.131 e. The van der Waals surface area contributed by atoms with Gasteiger partial charge in [0.25, 0.3) is 0 Å². The molecule has 2 aromatic carbocycles. The summed E-state index contributed by atoms with van der Waals surface area (Å²) in [5, 5.41) is 2.16. The molecule has 0 aliphatic rings. The van der Waals surface area contributed by atoms with Gasteiger partial charge in [0, 0.05) is 10.9 Å². The molecule has 1 aromatic heterocycles. The Labute approximate surface area is 125 Å². The monoisotopic (exact) mass is 284 g/mol. The van der Waals surface area contributed by atoms with Crippen LogP contribution in [0.15, 0.2) is 48.5 Å². The van der Waals surface area contributed by atoms with Crippen LogP contribution in [0.1, 0.15) is 11.1 Å². The molecule has 0 saturated heterocycles.